The van der Waals surface area contributed by atoms with Gasteiger partial charge in [0.25, 0.3) is 5.91 Å². The minimum atomic E-state index is -0.210. The van der Waals surface area contributed by atoms with Crippen molar-refractivity contribution in [2.24, 2.45) is 0 Å². The van der Waals surface area contributed by atoms with Crippen LogP contribution >= 0.6 is 11.3 Å². The average Bonchev–Trinajstić information content (AvgIpc) is 3.20. The number of carbonyl (C=O) groups excluding carboxylic acids is 2. The lowest BCUT2D eigenvalue weighted by Crippen LogP contribution is -2.20. The first-order valence-electron chi connectivity index (χ1n) is 10.1. The van der Waals surface area contributed by atoms with Crippen molar-refractivity contribution in [1.29, 1.82) is 0 Å². The number of para-hydroxylation sites is 2. The van der Waals surface area contributed by atoms with Crippen molar-refractivity contribution in [3.63, 3.8) is 0 Å². The second kappa shape index (κ2) is 9.02. The van der Waals surface area contributed by atoms with Crippen molar-refractivity contribution < 1.29 is 9.59 Å². The average molecular weight is 430 g/mol. The second-order valence-corrected chi connectivity index (χ2v) is 8.35. The van der Waals surface area contributed by atoms with E-state index < -0.39 is 0 Å². The van der Waals surface area contributed by atoms with Gasteiger partial charge in [0.15, 0.2) is 0 Å². The fourth-order valence-corrected chi connectivity index (χ4v) is 4.50. The molecule has 6 heteroatoms. The molecule has 0 unspecified atom stereocenters. The predicted molar refractivity (Wildman–Crippen MR) is 129 cm³/mol. The molecule has 1 heterocycles. The zero-order chi connectivity index (χ0) is 21.8. The maximum atomic E-state index is 12.8. The fourth-order valence-electron chi connectivity index (χ4n) is 3.50. The summed E-state index contributed by atoms with van der Waals surface area (Å²) in [6.07, 6.45) is 0.712. The highest BCUT2D eigenvalue weighted by Gasteiger charge is 2.19. The van der Waals surface area contributed by atoms with Gasteiger partial charge in [0.1, 0.15) is 0 Å². The molecular weight excluding hydrogens is 406 g/mol. The number of hydrogen-bond donors (Lipinski definition) is 3. The molecule has 0 radical (unpaired) electrons. The van der Waals surface area contributed by atoms with Crippen LogP contribution < -0.4 is 16.4 Å². The molecule has 2 amide bonds. The molecule has 0 aliphatic rings. The number of nitrogens with two attached hydrogens (primary N) is 1. The minimum Gasteiger partial charge on any atom is -0.397 e. The topological polar surface area (TPSA) is 84.2 Å². The summed E-state index contributed by atoms with van der Waals surface area (Å²) in [5.41, 5.74) is 8.74. The SMILES string of the molecule is CC[C@H](C(=O)Nc1ccc2cc(C(=O)Nc3ccccc3N)sc2c1)c1ccccc1. The fraction of sp³-hybridized carbons (Fsp3) is 0.120. The zero-order valence-electron chi connectivity index (χ0n) is 17.1. The molecule has 4 N–H and O–H groups in total. The van der Waals surface area contributed by atoms with Gasteiger partial charge in [-0.1, -0.05) is 55.5 Å². The summed E-state index contributed by atoms with van der Waals surface area (Å²) < 4.78 is 0.928. The molecule has 31 heavy (non-hydrogen) atoms. The number of amides is 2. The number of carbonyl (C=O) groups is 2. The summed E-state index contributed by atoms with van der Waals surface area (Å²) in [6, 6.07) is 24.5. The normalized spacial score (nSPS) is 11.8. The van der Waals surface area contributed by atoms with E-state index in [1.165, 1.54) is 11.3 Å². The Balaban J connectivity index is 1.51. The molecule has 4 rings (SSSR count). The lowest BCUT2D eigenvalue weighted by molar-refractivity contribution is -0.117. The molecule has 4 aromatic rings. The van der Waals surface area contributed by atoms with Crippen LogP contribution in [0, 0.1) is 0 Å². The number of rotatable bonds is 6. The van der Waals surface area contributed by atoms with Gasteiger partial charge in [0, 0.05) is 10.4 Å². The number of fused-ring (bicyclic) bond motifs is 1. The Morgan fingerprint density at radius 1 is 0.935 bits per heavy atom. The molecule has 0 aliphatic carbocycles. The highest BCUT2D eigenvalue weighted by atomic mass is 32.1. The summed E-state index contributed by atoms with van der Waals surface area (Å²) in [5, 5.41) is 6.82. The zero-order valence-corrected chi connectivity index (χ0v) is 17.9. The summed E-state index contributed by atoms with van der Waals surface area (Å²) in [4.78, 5) is 26.1. The van der Waals surface area contributed by atoms with Crippen molar-refractivity contribution in [2.75, 3.05) is 16.4 Å². The van der Waals surface area contributed by atoms with E-state index in [0.717, 1.165) is 15.6 Å². The number of nitrogens with one attached hydrogen (secondary N) is 2. The summed E-state index contributed by atoms with van der Waals surface area (Å²) >= 11 is 1.38. The molecule has 0 aliphatic heterocycles. The van der Waals surface area contributed by atoms with Gasteiger partial charge >= 0.3 is 0 Å². The van der Waals surface area contributed by atoms with Gasteiger partial charge in [-0.15, -0.1) is 11.3 Å². The van der Waals surface area contributed by atoms with Crippen LogP contribution in [-0.2, 0) is 4.79 Å². The lowest BCUT2D eigenvalue weighted by Gasteiger charge is -2.15. The Morgan fingerprint density at radius 3 is 2.42 bits per heavy atom. The van der Waals surface area contributed by atoms with Crippen molar-refractivity contribution in [2.45, 2.75) is 19.3 Å². The Bertz CT molecular complexity index is 1230. The van der Waals surface area contributed by atoms with Crippen LogP contribution in [0.4, 0.5) is 17.1 Å². The highest BCUT2D eigenvalue weighted by molar-refractivity contribution is 7.21. The van der Waals surface area contributed by atoms with Gasteiger partial charge in [0.05, 0.1) is 22.2 Å². The van der Waals surface area contributed by atoms with Crippen LogP contribution in [0.5, 0.6) is 0 Å². The van der Waals surface area contributed by atoms with Crippen LogP contribution in [0.25, 0.3) is 10.1 Å². The molecule has 156 valence electrons. The summed E-state index contributed by atoms with van der Waals surface area (Å²) in [5.74, 6) is -0.458. The first-order valence-corrected chi connectivity index (χ1v) is 10.9. The largest absolute Gasteiger partial charge is 0.397 e. The molecule has 1 aromatic heterocycles. The monoisotopic (exact) mass is 429 g/mol. The van der Waals surface area contributed by atoms with Crippen LogP contribution in [0.2, 0.25) is 0 Å². The highest BCUT2D eigenvalue weighted by Crippen LogP contribution is 2.30. The van der Waals surface area contributed by atoms with Gasteiger partial charge in [-0.2, -0.15) is 0 Å². The lowest BCUT2D eigenvalue weighted by atomic mass is 9.95. The first kappa shape index (κ1) is 20.6. The number of benzene rings is 3. The molecule has 0 spiro atoms. The molecule has 0 bridgehead atoms. The predicted octanol–water partition coefficient (Wildman–Crippen LogP) is 5.87. The Labute approximate surface area is 184 Å². The van der Waals surface area contributed by atoms with Crippen molar-refractivity contribution >= 4 is 50.3 Å². The molecule has 5 nitrogen and oxygen atoms in total. The van der Waals surface area contributed by atoms with E-state index in [9.17, 15) is 9.59 Å². The maximum absolute atomic E-state index is 12.8. The molecule has 0 fully saturated rings. The number of nitrogen functional groups attached to an aromatic ring is 1. The van der Waals surface area contributed by atoms with E-state index in [-0.39, 0.29) is 17.7 Å². The van der Waals surface area contributed by atoms with E-state index in [2.05, 4.69) is 10.6 Å². The van der Waals surface area contributed by atoms with Gasteiger partial charge in [0.2, 0.25) is 5.91 Å². The van der Waals surface area contributed by atoms with Gasteiger partial charge in [-0.05, 0) is 47.7 Å². The molecule has 3 aromatic carbocycles. The smallest absolute Gasteiger partial charge is 0.265 e. The summed E-state index contributed by atoms with van der Waals surface area (Å²) in [7, 11) is 0. The van der Waals surface area contributed by atoms with Crippen LogP contribution in [0.1, 0.15) is 34.5 Å². The summed E-state index contributed by atoms with van der Waals surface area (Å²) in [6.45, 7) is 2.00. The van der Waals surface area contributed by atoms with Crippen LogP contribution in [0.15, 0.2) is 78.9 Å². The number of thiophene rings is 1. The molecule has 1 atom stereocenters. The quantitative estimate of drug-likeness (QED) is 0.335. The van der Waals surface area contributed by atoms with Crippen molar-refractivity contribution in [3.05, 3.63) is 89.3 Å². The molecule has 0 saturated heterocycles. The van der Waals surface area contributed by atoms with E-state index in [1.54, 1.807) is 12.1 Å². The van der Waals surface area contributed by atoms with Crippen LogP contribution in [0.3, 0.4) is 0 Å². The Kier molecular flexibility index (Phi) is 6.00. The van der Waals surface area contributed by atoms with Gasteiger partial charge in [-0.25, -0.2) is 0 Å². The third kappa shape index (κ3) is 4.59. The Hall–Kier alpha value is -3.64. The molecular formula is C25H23N3O2S. The van der Waals surface area contributed by atoms with Gasteiger partial charge < -0.3 is 16.4 Å². The third-order valence-electron chi connectivity index (χ3n) is 5.15. The third-order valence-corrected chi connectivity index (χ3v) is 6.24. The first-order chi connectivity index (χ1) is 15.0. The van der Waals surface area contributed by atoms with Gasteiger partial charge in [-0.3, -0.25) is 9.59 Å². The van der Waals surface area contributed by atoms with Crippen LogP contribution in [-0.4, -0.2) is 11.8 Å². The van der Waals surface area contributed by atoms with Crippen molar-refractivity contribution in [3.8, 4) is 0 Å². The van der Waals surface area contributed by atoms with Crippen molar-refractivity contribution in [1.82, 2.24) is 0 Å². The molecule has 0 saturated carbocycles. The van der Waals surface area contributed by atoms with E-state index >= 15 is 0 Å². The number of anilines is 3. The van der Waals surface area contributed by atoms with E-state index in [1.807, 2.05) is 73.7 Å². The number of hydrogen-bond acceptors (Lipinski definition) is 4. The van der Waals surface area contributed by atoms with E-state index in [4.69, 9.17) is 5.73 Å². The maximum Gasteiger partial charge on any atom is 0.265 e. The Morgan fingerprint density at radius 2 is 1.68 bits per heavy atom. The standard InChI is InChI=1S/C25H23N3O2S/c1-2-19(16-8-4-3-5-9-16)24(29)27-18-13-12-17-14-23(31-22(17)15-18)25(30)28-21-11-7-6-10-20(21)26/h3-15,19H,2,26H2,1H3,(H,27,29)(H,28,30)/t19-/m0/s1. The second-order valence-electron chi connectivity index (χ2n) is 7.27. The van der Waals surface area contributed by atoms with E-state index in [0.29, 0.717) is 28.4 Å². The minimum absolute atomic E-state index is 0.0397.